The zero-order valence-corrected chi connectivity index (χ0v) is 19.7. The third-order valence-electron chi connectivity index (χ3n) is 6.63. The highest BCUT2D eigenvalue weighted by Crippen LogP contribution is 2.44. The molecule has 2 heterocycles. The Hall–Kier alpha value is -4.19. The molecule has 5 rings (SSSR count). The van der Waals surface area contributed by atoms with Crippen molar-refractivity contribution >= 4 is 34.0 Å². The molecule has 35 heavy (non-hydrogen) atoms. The summed E-state index contributed by atoms with van der Waals surface area (Å²) in [5.74, 6) is -1.94. The fourth-order valence-corrected chi connectivity index (χ4v) is 4.68. The molecule has 1 aliphatic heterocycles. The first-order valence-electron chi connectivity index (χ1n) is 11.5. The molecule has 0 saturated carbocycles. The number of hydrogen-bond donors (Lipinski definition) is 2. The van der Waals surface area contributed by atoms with Crippen molar-refractivity contribution in [1.82, 2.24) is 4.98 Å². The number of aryl methyl sites for hydroxylation is 1. The van der Waals surface area contributed by atoms with Gasteiger partial charge in [-0.2, -0.15) is 0 Å². The van der Waals surface area contributed by atoms with Gasteiger partial charge in [-0.05, 0) is 60.4 Å². The highest BCUT2D eigenvalue weighted by molar-refractivity contribution is 6.51. The SMILES string of the molecule is Cc1cc(/C(O)=C2\C(=O)C(=O)N(c3ccc(C(C)C)cc3)C2c2c[nH]c3ccccc23)ccc1F. The first-order chi connectivity index (χ1) is 16.8. The summed E-state index contributed by atoms with van der Waals surface area (Å²) >= 11 is 0. The molecule has 0 bridgehead atoms. The number of nitrogens with one attached hydrogen (secondary N) is 1. The van der Waals surface area contributed by atoms with Crippen molar-refractivity contribution in [2.45, 2.75) is 32.7 Å². The fourth-order valence-electron chi connectivity index (χ4n) is 4.68. The van der Waals surface area contributed by atoms with Gasteiger partial charge in [0.15, 0.2) is 0 Å². The van der Waals surface area contributed by atoms with E-state index in [0.717, 1.165) is 16.5 Å². The predicted molar refractivity (Wildman–Crippen MR) is 135 cm³/mol. The second kappa shape index (κ2) is 8.55. The predicted octanol–water partition coefficient (Wildman–Crippen LogP) is 6.37. The Bertz CT molecular complexity index is 1500. The molecule has 1 saturated heterocycles. The second-order valence-electron chi connectivity index (χ2n) is 9.17. The number of ketones is 1. The molecule has 5 nitrogen and oxygen atoms in total. The van der Waals surface area contributed by atoms with Crippen molar-refractivity contribution in [3.05, 3.63) is 107 Å². The van der Waals surface area contributed by atoms with Crippen LogP contribution in [0.25, 0.3) is 16.7 Å². The minimum Gasteiger partial charge on any atom is -0.507 e. The summed E-state index contributed by atoms with van der Waals surface area (Å²) in [7, 11) is 0. The van der Waals surface area contributed by atoms with E-state index < -0.39 is 23.5 Å². The summed E-state index contributed by atoms with van der Waals surface area (Å²) in [5, 5.41) is 12.1. The van der Waals surface area contributed by atoms with Crippen LogP contribution < -0.4 is 4.90 Å². The maximum Gasteiger partial charge on any atom is 0.300 e. The lowest BCUT2D eigenvalue weighted by Gasteiger charge is -2.25. The molecule has 0 radical (unpaired) electrons. The van der Waals surface area contributed by atoms with Gasteiger partial charge in [0.1, 0.15) is 11.6 Å². The van der Waals surface area contributed by atoms with Crippen molar-refractivity contribution in [2.75, 3.05) is 4.90 Å². The van der Waals surface area contributed by atoms with E-state index in [0.29, 0.717) is 22.7 Å². The van der Waals surface area contributed by atoms with Gasteiger partial charge in [0.2, 0.25) is 0 Å². The van der Waals surface area contributed by atoms with Crippen LogP contribution in [0.1, 0.15) is 48.1 Å². The van der Waals surface area contributed by atoms with E-state index in [2.05, 4.69) is 18.8 Å². The van der Waals surface area contributed by atoms with E-state index in [1.165, 1.54) is 23.1 Å². The Labute approximate surface area is 202 Å². The standard InChI is InChI=1S/C29H25FN2O3/c1-16(2)18-8-11-20(12-9-18)32-26(22-15-31-24-7-5-4-6-21(22)24)25(28(34)29(32)35)27(33)19-10-13-23(30)17(3)14-19/h4-16,26,31,33H,1-3H3/b27-25+. The van der Waals surface area contributed by atoms with Gasteiger partial charge >= 0.3 is 0 Å². The number of aromatic nitrogens is 1. The lowest BCUT2D eigenvalue weighted by Crippen LogP contribution is -2.29. The number of amides is 1. The van der Waals surface area contributed by atoms with Crippen LogP contribution in [0.15, 0.2) is 78.5 Å². The summed E-state index contributed by atoms with van der Waals surface area (Å²) in [6.07, 6.45) is 1.76. The summed E-state index contributed by atoms with van der Waals surface area (Å²) < 4.78 is 13.9. The van der Waals surface area contributed by atoms with Crippen molar-refractivity contribution in [3.63, 3.8) is 0 Å². The minimum absolute atomic E-state index is 0.0290. The second-order valence-corrected chi connectivity index (χ2v) is 9.17. The van der Waals surface area contributed by atoms with Gasteiger partial charge in [0, 0.05) is 33.9 Å². The summed E-state index contributed by atoms with van der Waals surface area (Å²) in [6, 6.07) is 18.4. The van der Waals surface area contributed by atoms with E-state index in [-0.39, 0.29) is 16.9 Å². The Morgan fingerprint density at radius 3 is 2.43 bits per heavy atom. The molecule has 1 aromatic heterocycles. The zero-order valence-electron chi connectivity index (χ0n) is 19.7. The Morgan fingerprint density at radius 1 is 1.03 bits per heavy atom. The van der Waals surface area contributed by atoms with Crippen LogP contribution in [-0.2, 0) is 9.59 Å². The number of hydrogen-bond acceptors (Lipinski definition) is 3. The third-order valence-corrected chi connectivity index (χ3v) is 6.63. The quantitative estimate of drug-likeness (QED) is 0.208. The minimum atomic E-state index is -0.860. The molecule has 176 valence electrons. The summed E-state index contributed by atoms with van der Waals surface area (Å²) in [5.41, 5.74) is 3.78. The number of fused-ring (bicyclic) bond motifs is 1. The number of carbonyl (C=O) groups is 2. The average molecular weight is 469 g/mol. The number of nitrogens with zero attached hydrogens (tertiary/aromatic N) is 1. The molecule has 2 N–H and O–H groups in total. The molecule has 1 amide bonds. The van der Waals surface area contributed by atoms with Gasteiger partial charge in [-0.3, -0.25) is 14.5 Å². The van der Waals surface area contributed by atoms with Crippen molar-refractivity contribution in [3.8, 4) is 0 Å². The Morgan fingerprint density at radius 2 is 1.74 bits per heavy atom. The lowest BCUT2D eigenvalue weighted by atomic mass is 9.94. The monoisotopic (exact) mass is 468 g/mol. The Kier molecular flexibility index (Phi) is 5.52. The van der Waals surface area contributed by atoms with Crippen LogP contribution >= 0.6 is 0 Å². The molecule has 4 aromatic rings. The van der Waals surface area contributed by atoms with Crippen LogP contribution in [0.3, 0.4) is 0 Å². The number of benzene rings is 3. The summed E-state index contributed by atoms with van der Waals surface area (Å²) in [6.45, 7) is 5.74. The van der Waals surface area contributed by atoms with Gasteiger partial charge in [-0.25, -0.2) is 4.39 Å². The maximum absolute atomic E-state index is 13.9. The highest BCUT2D eigenvalue weighted by Gasteiger charge is 2.47. The zero-order chi connectivity index (χ0) is 24.9. The number of Topliss-reactive ketones (excluding diaryl/α,β-unsaturated/α-hetero) is 1. The smallest absolute Gasteiger partial charge is 0.300 e. The van der Waals surface area contributed by atoms with Crippen LogP contribution in [0.5, 0.6) is 0 Å². The number of halogens is 1. The lowest BCUT2D eigenvalue weighted by molar-refractivity contribution is -0.132. The number of rotatable bonds is 4. The van der Waals surface area contributed by atoms with Crippen molar-refractivity contribution < 1.29 is 19.1 Å². The van der Waals surface area contributed by atoms with E-state index in [9.17, 15) is 19.1 Å². The molecule has 1 aliphatic rings. The van der Waals surface area contributed by atoms with E-state index in [4.69, 9.17) is 0 Å². The Balaban J connectivity index is 1.75. The molecule has 1 fully saturated rings. The number of anilines is 1. The molecule has 1 unspecified atom stereocenters. The molecule has 1 atom stereocenters. The molecular weight excluding hydrogens is 443 g/mol. The van der Waals surface area contributed by atoms with Crippen LogP contribution in [-0.4, -0.2) is 21.8 Å². The highest BCUT2D eigenvalue weighted by atomic mass is 19.1. The first-order valence-corrected chi connectivity index (χ1v) is 11.5. The van der Waals surface area contributed by atoms with E-state index in [1.54, 1.807) is 13.1 Å². The number of aliphatic hydroxyl groups is 1. The molecule has 3 aromatic carbocycles. The van der Waals surface area contributed by atoms with E-state index in [1.807, 2.05) is 48.5 Å². The molecule has 0 aliphatic carbocycles. The third kappa shape index (κ3) is 3.71. The first kappa shape index (κ1) is 22.6. The fraction of sp³-hybridized carbons (Fsp3) is 0.172. The normalized spacial score (nSPS) is 17.6. The molecular formula is C29H25FN2O3. The van der Waals surface area contributed by atoms with Gasteiger partial charge in [0.25, 0.3) is 11.7 Å². The molecule has 6 heteroatoms. The number of aliphatic hydroxyl groups excluding tert-OH is 1. The van der Waals surface area contributed by atoms with Gasteiger partial charge < -0.3 is 10.1 Å². The number of para-hydroxylation sites is 1. The maximum atomic E-state index is 13.9. The number of aromatic amines is 1. The van der Waals surface area contributed by atoms with Crippen LogP contribution in [0.4, 0.5) is 10.1 Å². The van der Waals surface area contributed by atoms with Crippen molar-refractivity contribution in [1.29, 1.82) is 0 Å². The topological polar surface area (TPSA) is 73.4 Å². The van der Waals surface area contributed by atoms with Crippen LogP contribution in [0.2, 0.25) is 0 Å². The van der Waals surface area contributed by atoms with Gasteiger partial charge in [0.05, 0.1) is 11.6 Å². The van der Waals surface area contributed by atoms with Gasteiger partial charge in [-0.1, -0.05) is 44.2 Å². The van der Waals surface area contributed by atoms with Gasteiger partial charge in [-0.15, -0.1) is 0 Å². The van der Waals surface area contributed by atoms with Crippen LogP contribution in [0, 0.1) is 12.7 Å². The molecule has 0 spiro atoms. The van der Waals surface area contributed by atoms with Crippen molar-refractivity contribution in [2.24, 2.45) is 0 Å². The largest absolute Gasteiger partial charge is 0.507 e. The number of H-pyrrole nitrogens is 1. The average Bonchev–Trinajstić information content (AvgIpc) is 3.39. The summed E-state index contributed by atoms with van der Waals surface area (Å²) in [4.78, 5) is 31.4. The van der Waals surface area contributed by atoms with E-state index >= 15 is 0 Å². The number of carbonyl (C=O) groups excluding carboxylic acids is 2.